The molecule has 7 nitrogen and oxygen atoms in total. The second-order valence-corrected chi connectivity index (χ2v) is 7.99. The number of rotatable bonds is 6. The number of thiazole rings is 1. The molecule has 0 radical (unpaired) electrons. The van der Waals surface area contributed by atoms with E-state index in [1.807, 2.05) is 37.4 Å². The Bertz CT molecular complexity index is 1100. The van der Waals surface area contributed by atoms with Crippen LogP contribution < -0.4 is 5.32 Å². The predicted octanol–water partition coefficient (Wildman–Crippen LogP) is 3.66. The van der Waals surface area contributed by atoms with E-state index in [1.165, 1.54) is 23.1 Å². The van der Waals surface area contributed by atoms with Crippen LogP contribution in [0.4, 0.5) is 0 Å². The van der Waals surface area contributed by atoms with E-state index in [9.17, 15) is 4.79 Å². The van der Waals surface area contributed by atoms with Gasteiger partial charge in [-0.2, -0.15) is 0 Å². The fourth-order valence-corrected chi connectivity index (χ4v) is 4.31. The van der Waals surface area contributed by atoms with E-state index in [1.54, 1.807) is 9.78 Å². The number of hydrogen-bond donors (Lipinski definition) is 2. The Morgan fingerprint density at radius 2 is 2.22 bits per heavy atom. The highest BCUT2D eigenvalue weighted by Crippen LogP contribution is 2.29. The number of carbonyl (C=O) groups excluding carboxylic acids is 1. The highest BCUT2D eigenvalue weighted by molar-refractivity contribution is 7.99. The summed E-state index contributed by atoms with van der Waals surface area (Å²) in [6, 6.07) is 7.53. The van der Waals surface area contributed by atoms with Gasteiger partial charge in [0.1, 0.15) is 11.5 Å². The first-order valence-electron chi connectivity index (χ1n) is 8.13. The van der Waals surface area contributed by atoms with Crippen molar-refractivity contribution in [2.24, 2.45) is 0 Å². The molecule has 0 fully saturated rings. The van der Waals surface area contributed by atoms with Crippen LogP contribution >= 0.6 is 34.7 Å². The lowest BCUT2D eigenvalue weighted by Crippen LogP contribution is -2.26. The molecular formula is C17H15ClN6OS2. The summed E-state index contributed by atoms with van der Waals surface area (Å²) in [5, 5.41) is 12.9. The number of imidazole rings is 1. The van der Waals surface area contributed by atoms with Crippen molar-refractivity contribution in [3.8, 4) is 11.3 Å². The van der Waals surface area contributed by atoms with Crippen LogP contribution in [0, 0.1) is 6.92 Å². The molecule has 10 heteroatoms. The zero-order valence-corrected chi connectivity index (χ0v) is 16.7. The third kappa shape index (κ3) is 3.85. The maximum absolute atomic E-state index is 12.5. The van der Waals surface area contributed by atoms with Crippen LogP contribution in [0.15, 0.2) is 41.0 Å². The van der Waals surface area contributed by atoms with Gasteiger partial charge in [-0.25, -0.2) is 9.97 Å². The number of hydrogen-bond acceptors (Lipinski definition) is 6. The Kier molecular flexibility index (Phi) is 5.15. The average molecular weight is 419 g/mol. The molecule has 0 saturated carbocycles. The van der Waals surface area contributed by atoms with Crippen LogP contribution in [0.5, 0.6) is 0 Å². The van der Waals surface area contributed by atoms with Crippen LogP contribution in [0.2, 0.25) is 5.02 Å². The largest absolute Gasteiger partial charge is 0.350 e. The van der Waals surface area contributed by atoms with Gasteiger partial charge < -0.3 is 5.32 Å². The highest BCUT2D eigenvalue weighted by Gasteiger charge is 2.16. The molecule has 1 aromatic carbocycles. The van der Waals surface area contributed by atoms with Gasteiger partial charge in [-0.15, -0.1) is 16.4 Å². The standard InChI is InChI=1S/C17H15ClN6OS2/c1-10-20-16(23-22-10)26-7-6-19-15(25)14-9-27-17-21-13(8-24(14)17)11-4-2-3-5-12(11)18/h2-5,8-9H,6-7H2,1H3,(H,19,25)(H,20,22,23). The van der Waals surface area contributed by atoms with Crippen molar-refractivity contribution in [3.63, 3.8) is 0 Å². The zero-order chi connectivity index (χ0) is 18.8. The number of amides is 1. The van der Waals surface area contributed by atoms with E-state index in [0.717, 1.165) is 22.0 Å². The minimum atomic E-state index is -0.142. The lowest BCUT2D eigenvalue weighted by molar-refractivity contribution is 0.0950. The number of carbonyl (C=O) groups is 1. The van der Waals surface area contributed by atoms with Crippen molar-refractivity contribution in [2.45, 2.75) is 12.1 Å². The summed E-state index contributed by atoms with van der Waals surface area (Å²) in [4.78, 5) is 22.1. The summed E-state index contributed by atoms with van der Waals surface area (Å²) in [6.07, 6.45) is 1.84. The number of fused-ring (bicyclic) bond motifs is 1. The molecule has 4 aromatic rings. The van der Waals surface area contributed by atoms with Crippen LogP contribution in [0.1, 0.15) is 16.3 Å². The quantitative estimate of drug-likeness (QED) is 0.368. The smallest absolute Gasteiger partial charge is 0.269 e. The van der Waals surface area contributed by atoms with Gasteiger partial charge in [-0.05, 0) is 13.0 Å². The zero-order valence-electron chi connectivity index (χ0n) is 14.3. The Morgan fingerprint density at radius 3 is 3.00 bits per heavy atom. The van der Waals surface area contributed by atoms with Gasteiger partial charge in [0.15, 0.2) is 4.96 Å². The fourth-order valence-electron chi connectivity index (χ4n) is 2.53. The molecule has 0 saturated heterocycles. The van der Waals surface area contributed by atoms with E-state index in [2.05, 4.69) is 25.5 Å². The summed E-state index contributed by atoms with van der Waals surface area (Å²) in [5.41, 5.74) is 2.15. The van der Waals surface area contributed by atoms with Crippen molar-refractivity contribution < 1.29 is 4.79 Å². The third-order valence-electron chi connectivity index (χ3n) is 3.79. The number of aromatic nitrogens is 5. The lowest BCUT2D eigenvalue weighted by Gasteiger charge is -2.03. The van der Waals surface area contributed by atoms with Crippen molar-refractivity contribution in [1.82, 2.24) is 29.9 Å². The van der Waals surface area contributed by atoms with Gasteiger partial charge in [-0.1, -0.05) is 41.6 Å². The molecule has 2 N–H and O–H groups in total. The van der Waals surface area contributed by atoms with Gasteiger partial charge in [-0.3, -0.25) is 14.3 Å². The topological polar surface area (TPSA) is 88.0 Å². The number of halogens is 1. The first-order valence-corrected chi connectivity index (χ1v) is 10.4. The minimum absolute atomic E-state index is 0.142. The first kappa shape index (κ1) is 18.0. The Balaban J connectivity index is 1.43. The third-order valence-corrected chi connectivity index (χ3v) is 5.81. The summed E-state index contributed by atoms with van der Waals surface area (Å²) in [5.74, 6) is 1.32. The number of thioether (sulfide) groups is 1. The monoisotopic (exact) mass is 418 g/mol. The van der Waals surface area contributed by atoms with E-state index >= 15 is 0 Å². The summed E-state index contributed by atoms with van der Waals surface area (Å²) in [6.45, 7) is 2.36. The summed E-state index contributed by atoms with van der Waals surface area (Å²) >= 11 is 9.16. The Hall–Kier alpha value is -2.36. The molecule has 0 aliphatic carbocycles. The number of aryl methyl sites for hydroxylation is 1. The van der Waals surface area contributed by atoms with E-state index in [-0.39, 0.29) is 5.91 Å². The molecule has 3 heterocycles. The molecular weight excluding hydrogens is 404 g/mol. The molecule has 27 heavy (non-hydrogen) atoms. The second-order valence-electron chi connectivity index (χ2n) is 5.69. The molecule has 1 amide bonds. The van der Waals surface area contributed by atoms with Crippen molar-refractivity contribution >= 4 is 45.6 Å². The van der Waals surface area contributed by atoms with Gasteiger partial charge in [0.25, 0.3) is 5.91 Å². The number of nitrogens with zero attached hydrogens (tertiary/aromatic N) is 4. The van der Waals surface area contributed by atoms with Crippen LogP contribution in [0.3, 0.4) is 0 Å². The highest BCUT2D eigenvalue weighted by atomic mass is 35.5. The van der Waals surface area contributed by atoms with Gasteiger partial charge in [0, 0.05) is 29.4 Å². The molecule has 0 aliphatic rings. The number of benzene rings is 1. The van der Waals surface area contributed by atoms with Gasteiger partial charge in [0.05, 0.1) is 10.7 Å². The minimum Gasteiger partial charge on any atom is -0.350 e. The van der Waals surface area contributed by atoms with Crippen LogP contribution in [-0.4, -0.2) is 42.8 Å². The van der Waals surface area contributed by atoms with Crippen molar-refractivity contribution in [1.29, 1.82) is 0 Å². The molecule has 0 bridgehead atoms. The molecule has 0 unspecified atom stereocenters. The Labute approximate surface area is 168 Å². The second kappa shape index (κ2) is 7.71. The van der Waals surface area contributed by atoms with Gasteiger partial charge >= 0.3 is 0 Å². The lowest BCUT2D eigenvalue weighted by atomic mass is 10.2. The van der Waals surface area contributed by atoms with Gasteiger partial charge in [0.2, 0.25) is 5.16 Å². The molecule has 0 atom stereocenters. The van der Waals surface area contributed by atoms with E-state index < -0.39 is 0 Å². The Morgan fingerprint density at radius 1 is 1.37 bits per heavy atom. The average Bonchev–Trinajstić information content (AvgIpc) is 3.34. The summed E-state index contributed by atoms with van der Waals surface area (Å²) in [7, 11) is 0. The molecule has 138 valence electrons. The maximum Gasteiger partial charge on any atom is 0.269 e. The number of H-pyrrole nitrogens is 1. The van der Waals surface area contributed by atoms with Crippen molar-refractivity contribution in [2.75, 3.05) is 12.3 Å². The molecule has 4 rings (SSSR count). The number of aromatic amines is 1. The first-order chi connectivity index (χ1) is 13.1. The van der Waals surface area contributed by atoms with Crippen molar-refractivity contribution in [3.05, 3.63) is 52.4 Å². The van der Waals surface area contributed by atoms with E-state index in [0.29, 0.717) is 28.2 Å². The predicted molar refractivity (Wildman–Crippen MR) is 108 cm³/mol. The van der Waals surface area contributed by atoms with E-state index in [4.69, 9.17) is 11.6 Å². The maximum atomic E-state index is 12.5. The SMILES string of the molecule is Cc1nc(SCCNC(=O)c2csc3nc(-c4ccccc4Cl)cn23)n[nH]1. The summed E-state index contributed by atoms with van der Waals surface area (Å²) < 4.78 is 1.80. The molecule has 0 aliphatic heterocycles. The fraction of sp³-hybridized carbons (Fsp3) is 0.176. The molecule has 0 spiro atoms. The number of nitrogens with one attached hydrogen (secondary N) is 2. The molecule has 3 aromatic heterocycles. The van der Waals surface area contributed by atoms with Crippen LogP contribution in [-0.2, 0) is 0 Å². The normalized spacial score (nSPS) is 11.2. The van der Waals surface area contributed by atoms with Crippen LogP contribution in [0.25, 0.3) is 16.2 Å².